The SMILES string of the molecule is CCCCC(=O)N[C@@H]1OC(CO)[C@@H](O[C@@H]2OC(CO)[C@@H](O[C@@H]3OC(CO[C@H]4OC(CO)[C@@H](O)[C@H](O)C4O)[C@@H](O)[C@H](O[C@H]4O[C@@H](CO)[C@@H](O)C(O)C4O)C3O)[C@H](O)C2NC(C)=O)[C@H](O)C1NC(C)=O. The molecule has 0 aromatic rings. The molecule has 0 aromatic carbocycles. The smallest absolute Gasteiger partial charge is 0.222 e. The van der Waals surface area contributed by atoms with E-state index in [4.69, 9.17) is 42.6 Å². The number of rotatable bonds is 19. The average molecular weight is 994 g/mol. The number of carbonyl (C=O) groups is 3. The summed E-state index contributed by atoms with van der Waals surface area (Å²) in [6.07, 6.45) is -40.7. The van der Waals surface area contributed by atoms with E-state index >= 15 is 0 Å². The highest BCUT2D eigenvalue weighted by Gasteiger charge is 2.56. The minimum absolute atomic E-state index is 0.0764. The molecule has 5 aliphatic heterocycles. The van der Waals surface area contributed by atoms with Gasteiger partial charge in [-0.1, -0.05) is 13.3 Å². The van der Waals surface area contributed by atoms with Crippen LogP contribution in [0.4, 0.5) is 0 Å². The molecule has 29 nitrogen and oxygen atoms in total. The molecule has 5 heterocycles. The van der Waals surface area contributed by atoms with Gasteiger partial charge in [0.25, 0.3) is 0 Å². The van der Waals surface area contributed by atoms with Gasteiger partial charge < -0.3 is 130 Å². The van der Waals surface area contributed by atoms with E-state index in [9.17, 15) is 85.9 Å². The van der Waals surface area contributed by atoms with Gasteiger partial charge in [-0.2, -0.15) is 0 Å². The maximum atomic E-state index is 12.7. The number of hydrogen-bond acceptors (Lipinski definition) is 26. The highest BCUT2D eigenvalue weighted by molar-refractivity contribution is 5.77. The van der Waals surface area contributed by atoms with Gasteiger partial charge in [-0.3, -0.25) is 14.4 Å². The summed E-state index contributed by atoms with van der Waals surface area (Å²) in [5.41, 5.74) is 0. The summed E-state index contributed by atoms with van der Waals surface area (Å²) in [5, 5.41) is 157. The summed E-state index contributed by atoms with van der Waals surface area (Å²) < 4.78 is 51.9. The Morgan fingerprint density at radius 3 is 1.44 bits per heavy atom. The van der Waals surface area contributed by atoms with Crippen molar-refractivity contribution in [2.24, 2.45) is 0 Å². The first kappa shape index (κ1) is 56.4. The van der Waals surface area contributed by atoms with Crippen molar-refractivity contribution in [1.29, 1.82) is 0 Å². The van der Waals surface area contributed by atoms with Crippen molar-refractivity contribution < 1.29 is 129 Å². The summed E-state index contributed by atoms with van der Waals surface area (Å²) in [7, 11) is 0. The number of nitrogens with one attached hydrogen (secondary N) is 3. The van der Waals surface area contributed by atoms with Crippen LogP contribution >= 0.6 is 0 Å². The van der Waals surface area contributed by atoms with Gasteiger partial charge >= 0.3 is 0 Å². The predicted molar refractivity (Wildman–Crippen MR) is 215 cm³/mol. The van der Waals surface area contributed by atoms with Crippen LogP contribution in [0.15, 0.2) is 0 Å². The van der Waals surface area contributed by atoms with Crippen LogP contribution < -0.4 is 16.0 Å². The second kappa shape index (κ2) is 25.2. The molecule has 0 saturated carbocycles. The second-order valence-corrected chi connectivity index (χ2v) is 17.2. The third-order valence-electron chi connectivity index (χ3n) is 12.2. The number of ether oxygens (including phenoxy) is 9. The lowest BCUT2D eigenvalue weighted by Crippen LogP contribution is -2.71. The minimum Gasteiger partial charge on any atom is -0.394 e. The Labute approximate surface area is 388 Å². The van der Waals surface area contributed by atoms with Crippen LogP contribution in [0.25, 0.3) is 0 Å². The quantitative estimate of drug-likeness (QED) is 0.0571. The summed E-state index contributed by atoms with van der Waals surface area (Å²) in [6, 6.07) is -3.09. The average Bonchev–Trinajstić information content (AvgIpc) is 3.30. The van der Waals surface area contributed by atoms with Gasteiger partial charge in [0.05, 0.1) is 33.0 Å². The van der Waals surface area contributed by atoms with Gasteiger partial charge in [0, 0.05) is 20.3 Å². The molecule has 29 heteroatoms. The third kappa shape index (κ3) is 12.9. The van der Waals surface area contributed by atoms with Crippen molar-refractivity contribution in [2.45, 2.75) is 193 Å². The predicted octanol–water partition coefficient (Wildman–Crippen LogP) is -10.3. The largest absolute Gasteiger partial charge is 0.394 e. The molecule has 5 rings (SSSR count). The number of amides is 3. The van der Waals surface area contributed by atoms with Crippen LogP contribution in [0.2, 0.25) is 0 Å². The topological polar surface area (TPSA) is 454 Å². The maximum absolute atomic E-state index is 12.7. The number of unbranched alkanes of at least 4 members (excludes halogenated alkanes) is 1. The maximum Gasteiger partial charge on any atom is 0.222 e. The summed E-state index contributed by atoms with van der Waals surface area (Å²) in [5.74, 6) is -1.94. The Morgan fingerprint density at radius 1 is 0.456 bits per heavy atom. The molecule has 10 unspecified atom stereocenters. The lowest BCUT2D eigenvalue weighted by atomic mass is 9.93. The number of hydrogen-bond donors (Lipinski definition) is 17. The first-order valence-electron chi connectivity index (χ1n) is 22.1. The van der Waals surface area contributed by atoms with E-state index in [-0.39, 0.29) is 6.42 Å². The fourth-order valence-electron chi connectivity index (χ4n) is 8.45. The molecule has 17 N–H and O–H groups in total. The van der Waals surface area contributed by atoms with Crippen molar-refractivity contribution >= 4 is 17.7 Å². The first-order chi connectivity index (χ1) is 32.2. The normalized spacial score (nSPS) is 45.6. The lowest BCUT2D eigenvalue weighted by molar-refractivity contribution is -0.383. The van der Waals surface area contributed by atoms with Crippen molar-refractivity contribution in [3.8, 4) is 0 Å². The Morgan fingerprint density at radius 2 is 0.897 bits per heavy atom. The van der Waals surface area contributed by atoms with Crippen LogP contribution in [-0.4, -0.2) is 276 Å². The number of carbonyl (C=O) groups excluding carboxylic acids is 3. The minimum atomic E-state index is -2.19. The molecule has 0 bridgehead atoms. The van der Waals surface area contributed by atoms with E-state index in [0.29, 0.717) is 12.8 Å². The van der Waals surface area contributed by atoms with E-state index in [2.05, 4.69) is 16.0 Å². The Hall–Kier alpha value is -2.51. The third-order valence-corrected chi connectivity index (χ3v) is 12.2. The summed E-state index contributed by atoms with van der Waals surface area (Å²) >= 11 is 0. The van der Waals surface area contributed by atoms with Crippen LogP contribution in [-0.2, 0) is 57.0 Å². The molecule has 3 amide bonds. The standard InChI is InChI=1S/C39H67N3O26/c1-4-5-6-19(49)42-35-20(40-12(2)47)25(53)32(16(9-45)61-35)66-36-21(41-13(3)48)26(54)33(17(10-46)64-36)67-39-31(59)34(68-38-30(58)28(56)23(51)15(8-44)63-38)24(52)18(65-39)11-60-37-29(57)27(55)22(50)14(7-43)62-37/h14-18,20-39,43-46,50-59H,4-11H2,1-3H3,(H,40,47)(H,41,48)(H,42,49)/t14?,15-,16?,17?,18?,20?,21?,22+,23+,24+,25+,26+,27-,28?,29?,30?,31?,32+,33+,34-,35+,36-,37-,38+,39-/m0/s1. The molecule has 68 heavy (non-hydrogen) atoms. The zero-order valence-electron chi connectivity index (χ0n) is 37.3. The van der Waals surface area contributed by atoms with Gasteiger partial charge in [0.1, 0.15) is 122 Å². The van der Waals surface area contributed by atoms with Gasteiger partial charge in [0.2, 0.25) is 17.7 Å². The van der Waals surface area contributed by atoms with Crippen molar-refractivity contribution in [3.63, 3.8) is 0 Å². The highest BCUT2D eigenvalue weighted by Crippen LogP contribution is 2.35. The van der Waals surface area contributed by atoms with Crippen LogP contribution in [0.3, 0.4) is 0 Å². The molecule has 0 radical (unpaired) electrons. The number of aliphatic hydroxyl groups excluding tert-OH is 14. The first-order valence-corrected chi connectivity index (χ1v) is 22.1. The van der Waals surface area contributed by atoms with E-state index in [1.807, 2.05) is 6.92 Å². The second-order valence-electron chi connectivity index (χ2n) is 17.2. The van der Waals surface area contributed by atoms with E-state index in [1.165, 1.54) is 0 Å². The molecule has 25 atom stereocenters. The summed E-state index contributed by atoms with van der Waals surface area (Å²) in [4.78, 5) is 37.5. The van der Waals surface area contributed by atoms with Crippen LogP contribution in [0.1, 0.15) is 40.0 Å². The van der Waals surface area contributed by atoms with Gasteiger partial charge in [-0.15, -0.1) is 0 Å². The Kier molecular flexibility index (Phi) is 20.9. The highest BCUT2D eigenvalue weighted by atomic mass is 16.8. The number of aliphatic hydroxyl groups is 14. The fraction of sp³-hybridized carbons (Fsp3) is 0.923. The molecule has 5 saturated heterocycles. The van der Waals surface area contributed by atoms with E-state index < -0.39 is 204 Å². The molecular weight excluding hydrogens is 926 g/mol. The molecule has 5 fully saturated rings. The van der Waals surface area contributed by atoms with E-state index in [0.717, 1.165) is 13.8 Å². The fourth-order valence-corrected chi connectivity index (χ4v) is 8.45. The molecule has 0 aromatic heterocycles. The van der Waals surface area contributed by atoms with Gasteiger partial charge in [-0.05, 0) is 6.42 Å². The molecule has 5 aliphatic rings. The lowest BCUT2D eigenvalue weighted by Gasteiger charge is -2.50. The monoisotopic (exact) mass is 993 g/mol. The Bertz CT molecular complexity index is 1610. The van der Waals surface area contributed by atoms with Gasteiger partial charge in [-0.25, -0.2) is 0 Å². The van der Waals surface area contributed by atoms with Crippen molar-refractivity contribution in [3.05, 3.63) is 0 Å². The van der Waals surface area contributed by atoms with Gasteiger partial charge in [0.15, 0.2) is 31.4 Å². The summed E-state index contributed by atoms with van der Waals surface area (Å²) in [6.45, 7) is -0.399. The zero-order valence-corrected chi connectivity index (χ0v) is 37.3. The molecule has 0 spiro atoms. The molecule has 0 aliphatic carbocycles. The van der Waals surface area contributed by atoms with Crippen LogP contribution in [0.5, 0.6) is 0 Å². The Balaban J connectivity index is 1.41. The van der Waals surface area contributed by atoms with Crippen molar-refractivity contribution in [2.75, 3.05) is 33.0 Å². The zero-order chi connectivity index (χ0) is 50.3. The van der Waals surface area contributed by atoms with Crippen molar-refractivity contribution in [1.82, 2.24) is 16.0 Å². The molecule has 394 valence electrons. The molecular formula is C39H67N3O26. The van der Waals surface area contributed by atoms with Crippen LogP contribution in [0, 0.1) is 0 Å². The van der Waals surface area contributed by atoms with E-state index in [1.54, 1.807) is 0 Å².